The zero-order valence-corrected chi connectivity index (χ0v) is 16.1. The summed E-state index contributed by atoms with van der Waals surface area (Å²) in [7, 11) is 1.68. The molecule has 138 valence electrons. The van der Waals surface area contributed by atoms with Gasteiger partial charge in [-0.15, -0.1) is 0 Å². The Hall–Kier alpha value is -1.97. The molecule has 2 N–H and O–H groups in total. The lowest BCUT2D eigenvalue weighted by Crippen LogP contribution is -2.05. The predicted octanol–water partition coefficient (Wildman–Crippen LogP) is 4.80. The smallest absolute Gasteiger partial charge is 0.122 e. The van der Waals surface area contributed by atoms with Crippen LogP contribution in [-0.2, 0) is 9.53 Å². The lowest BCUT2D eigenvalue weighted by molar-refractivity contribution is -0.110. The van der Waals surface area contributed by atoms with Crippen LogP contribution in [0.25, 0.3) is 5.57 Å². The highest BCUT2D eigenvalue weighted by atomic mass is 16.5. The summed E-state index contributed by atoms with van der Waals surface area (Å²) in [6.07, 6.45) is 11.6. The predicted molar refractivity (Wildman–Crippen MR) is 108 cm³/mol. The molecule has 1 aromatic rings. The van der Waals surface area contributed by atoms with E-state index < -0.39 is 0 Å². The first-order valence-electron chi connectivity index (χ1n) is 8.83. The number of hydrogen-bond donors (Lipinski definition) is 1. The molecule has 0 radical (unpaired) electrons. The number of carbonyl (C=O) groups excluding carboxylic acids is 1. The Labute approximate surface area is 153 Å². The fourth-order valence-corrected chi connectivity index (χ4v) is 1.90. The van der Waals surface area contributed by atoms with E-state index in [9.17, 15) is 4.79 Å². The number of nitrogens with two attached hydrogens (primary N) is 1. The van der Waals surface area contributed by atoms with E-state index in [0.717, 1.165) is 25.7 Å². The fraction of sp³-hybridized carbons (Fsp3) is 0.409. The normalized spacial score (nSPS) is 13.8. The van der Waals surface area contributed by atoms with Crippen LogP contribution >= 0.6 is 0 Å². The molecule has 0 saturated heterocycles. The van der Waals surface area contributed by atoms with Gasteiger partial charge in [0.25, 0.3) is 0 Å². The molecule has 0 aromatic heterocycles. The van der Waals surface area contributed by atoms with E-state index in [1.807, 2.05) is 19.9 Å². The Morgan fingerprint density at radius 1 is 1.20 bits per heavy atom. The summed E-state index contributed by atoms with van der Waals surface area (Å²) >= 11 is 0. The van der Waals surface area contributed by atoms with Gasteiger partial charge in [-0.1, -0.05) is 67.1 Å². The molecule has 2 rings (SSSR count). The summed E-state index contributed by atoms with van der Waals surface area (Å²) in [5, 5.41) is 0. The Balaban J connectivity index is 0.000000442. The highest BCUT2D eigenvalue weighted by Crippen LogP contribution is 2.19. The number of aldehydes is 1. The lowest BCUT2D eigenvalue weighted by Gasteiger charge is -2.00. The van der Waals surface area contributed by atoms with Crippen LogP contribution in [0.5, 0.6) is 0 Å². The van der Waals surface area contributed by atoms with Crippen molar-refractivity contribution in [3.8, 4) is 0 Å². The van der Waals surface area contributed by atoms with Gasteiger partial charge in [0.2, 0.25) is 0 Å². The van der Waals surface area contributed by atoms with Gasteiger partial charge in [-0.3, -0.25) is 0 Å². The number of methoxy groups -OCH3 is 1. The first-order chi connectivity index (χ1) is 12.1. The van der Waals surface area contributed by atoms with E-state index in [4.69, 9.17) is 5.73 Å². The highest BCUT2D eigenvalue weighted by molar-refractivity contribution is 5.75. The minimum Gasteiger partial charge on any atom is -0.385 e. The minimum absolute atomic E-state index is 0.144. The standard InChI is InChI=1S/C14H14.C5H11NO.C3H8O/c1-12-6-5-9-14(11-10-12)13-7-3-2-4-8-13;1-5(4-7)2-3-6;1-3-4-2/h2-4,6-11H,5H2,1H3;4-5H,2-3,6H2,1H3;3H2,1-2H3/t;5-;/m.1./s1. The van der Waals surface area contributed by atoms with Gasteiger partial charge in [-0.2, -0.15) is 0 Å². The van der Waals surface area contributed by atoms with Crippen LogP contribution in [-0.4, -0.2) is 26.5 Å². The van der Waals surface area contributed by atoms with Crippen LogP contribution in [0, 0.1) is 5.92 Å². The van der Waals surface area contributed by atoms with Crippen molar-refractivity contribution in [3.63, 3.8) is 0 Å². The van der Waals surface area contributed by atoms with Gasteiger partial charge in [0.05, 0.1) is 0 Å². The molecule has 1 aromatic carbocycles. The molecule has 1 atom stereocenters. The molecular weight excluding hydrogens is 310 g/mol. The van der Waals surface area contributed by atoms with E-state index in [1.54, 1.807) is 7.11 Å². The third kappa shape index (κ3) is 12.1. The molecule has 0 bridgehead atoms. The van der Waals surface area contributed by atoms with Gasteiger partial charge in [-0.25, -0.2) is 0 Å². The summed E-state index contributed by atoms with van der Waals surface area (Å²) in [6, 6.07) is 10.5. The van der Waals surface area contributed by atoms with Crippen molar-refractivity contribution < 1.29 is 9.53 Å². The maximum Gasteiger partial charge on any atom is 0.122 e. The molecule has 1 aliphatic carbocycles. The van der Waals surface area contributed by atoms with Gasteiger partial charge in [0.15, 0.2) is 0 Å². The molecule has 25 heavy (non-hydrogen) atoms. The van der Waals surface area contributed by atoms with Gasteiger partial charge >= 0.3 is 0 Å². The van der Waals surface area contributed by atoms with Crippen molar-refractivity contribution in [2.75, 3.05) is 20.3 Å². The molecule has 0 unspecified atom stereocenters. The molecule has 0 amide bonds. The van der Waals surface area contributed by atoms with Crippen molar-refractivity contribution in [1.29, 1.82) is 0 Å². The van der Waals surface area contributed by atoms with Gasteiger partial charge in [-0.05, 0) is 44.4 Å². The highest BCUT2D eigenvalue weighted by Gasteiger charge is 1.98. The van der Waals surface area contributed by atoms with Crippen LogP contribution in [0.15, 0.2) is 60.2 Å². The molecule has 0 heterocycles. The van der Waals surface area contributed by atoms with Crippen molar-refractivity contribution in [3.05, 3.63) is 65.8 Å². The van der Waals surface area contributed by atoms with E-state index in [1.165, 1.54) is 16.7 Å². The molecule has 0 aliphatic heterocycles. The molecule has 3 nitrogen and oxygen atoms in total. The minimum atomic E-state index is 0.144. The average molecular weight is 344 g/mol. The first kappa shape index (κ1) is 23.0. The second kappa shape index (κ2) is 15.6. The second-order valence-electron chi connectivity index (χ2n) is 5.81. The number of rotatable bonds is 5. The largest absolute Gasteiger partial charge is 0.385 e. The second-order valence-corrected chi connectivity index (χ2v) is 5.81. The zero-order chi connectivity index (χ0) is 18.9. The summed E-state index contributed by atoms with van der Waals surface area (Å²) in [5.41, 5.74) is 9.10. The van der Waals surface area contributed by atoms with Crippen LogP contribution < -0.4 is 5.73 Å². The molecule has 0 saturated carbocycles. The van der Waals surface area contributed by atoms with Crippen molar-refractivity contribution >= 4 is 11.9 Å². The molecular formula is C22H33NO2. The summed E-state index contributed by atoms with van der Waals surface area (Å²) in [6.45, 7) is 7.39. The van der Waals surface area contributed by atoms with E-state index >= 15 is 0 Å². The maximum absolute atomic E-state index is 9.84. The van der Waals surface area contributed by atoms with Crippen LogP contribution in [0.1, 0.15) is 39.2 Å². The number of hydrogen-bond acceptors (Lipinski definition) is 3. The monoisotopic (exact) mass is 343 g/mol. The van der Waals surface area contributed by atoms with Crippen molar-refractivity contribution in [2.24, 2.45) is 11.7 Å². The quantitative estimate of drug-likeness (QED) is 0.781. The van der Waals surface area contributed by atoms with Gasteiger partial charge < -0.3 is 15.3 Å². The Morgan fingerprint density at radius 2 is 1.84 bits per heavy atom. The van der Waals surface area contributed by atoms with Crippen molar-refractivity contribution in [1.82, 2.24) is 0 Å². The van der Waals surface area contributed by atoms with Gasteiger partial charge in [0.1, 0.15) is 6.29 Å². The summed E-state index contributed by atoms with van der Waals surface area (Å²) in [4.78, 5) is 9.84. The molecule has 1 aliphatic rings. The number of allylic oxidation sites excluding steroid dienone is 6. The van der Waals surface area contributed by atoms with Crippen LogP contribution in [0.3, 0.4) is 0 Å². The summed E-state index contributed by atoms with van der Waals surface area (Å²) in [5.74, 6) is 0.144. The Kier molecular flexibility index (Phi) is 14.3. The van der Waals surface area contributed by atoms with Crippen molar-refractivity contribution in [2.45, 2.75) is 33.6 Å². The molecule has 0 spiro atoms. The zero-order valence-electron chi connectivity index (χ0n) is 16.1. The fourth-order valence-electron chi connectivity index (χ4n) is 1.90. The first-order valence-corrected chi connectivity index (χ1v) is 8.83. The van der Waals surface area contributed by atoms with Gasteiger partial charge in [0, 0.05) is 19.6 Å². The third-order valence-electron chi connectivity index (χ3n) is 3.55. The number of ether oxygens (including phenoxy) is 1. The van der Waals surface area contributed by atoms with Crippen LogP contribution in [0.2, 0.25) is 0 Å². The SMILES string of the molecule is CC1=CCC=C(c2ccccc2)C=C1.CCOC.C[C@@H](C=O)CCN. The maximum atomic E-state index is 9.84. The molecule has 0 fully saturated rings. The lowest BCUT2D eigenvalue weighted by atomic mass is 10.1. The Bertz CT molecular complexity index is 542. The van der Waals surface area contributed by atoms with E-state index in [2.05, 4.69) is 60.2 Å². The number of carbonyl (C=O) groups is 1. The summed E-state index contributed by atoms with van der Waals surface area (Å²) < 4.78 is 4.54. The number of benzene rings is 1. The topological polar surface area (TPSA) is 52.3 Å². The molecule has 3 heteroatoms. The van der Waals surface area contributed by atoms with E-state index in [0.29, 0.717) is 6.54 Å². The third-order valence-corrected chi connectivity index (χ3v) is 3.55. The average Bonchev–Trinajstić information content (AvgIpc) is 2.88. The van der Waals surface area contributed by atoms with E-state index in [-0.39, 0.29) is 5.92 Å². The Morgan fingerprint density at radius 3 is 2.32 bits per heavy atom. The van der Waals surface area contributed by atoms with Crippen LogP contribution in [0.4, 0.5) is 0 Å².